The number of imide groups is 1. The molecule has 3 heterocycles. The quantitative estimate of drug-likeness (QED) is 0.547. The summed E-state index contributed by atoms with van der Waals surface area (Å²) >= 11 is 3.44. The second kappa shape index (κ2) is 8.73. The lowest BCUT2D eigenvalue weighted by atomic mass is 9.95. The maximum Gasteiger partial charge on any atom is 0.260 e. The molecular formula is C20H25BrN4O3. The number of halogens is 1. The molecular weight excluding hydrogens is 424 g/mol. The zero-order valence-corrected chi connectivity index (χ0v) is 17.4. The summed E-state index contributed by atoms with van der Waals surface area (Å²) in [7, 11) is 0. The van der Waals surface area contributed by atoms with Crippen LogP contribution in [0.4, 0.5) is 0 Å². The molecule has 0 radical (unpaired) electrons. The number of fused-ring (bicyclic) bond motifs is 1. The maximum atomic E-state index is 12.4. The summed E-state index contributed by atoms with van der Waals surface area (Å²) in [5.41, 5.74) is 1.79. The first-order valence-electron chi connectivity index (χ1n) is 9.74. The first-order chi connectivity index (χ1) is 13.6. The third kappa shape index (κ3) is 4.46. The predicted molar refractivity (Wildman–Crippen MR) is 110 cm³/mol. The average Bonchev–Trinajstić information content (AvgIpc) is 2.71. The van der Waals surface area contributed by atoms with Crippen LogP contribution in [0.2, 0.25) is 0 Å². The van der Waals surface area contributed by atoms with E-state index in [4.69, 9.17) is 4.74 Å². The van der Waals surface area contributed by atoms with Gasteiger partial charge in [0.2, 0.25) is 0 Å². The van der Waals surface area contributed by atoms with E-state index in [1.165, 1.54) is 0 Å². The SMILES string of the molecule is O=C1NC(=O)c2ccc(Br)cc2C1=CN1CCN(CCN2CCOCC2)CC1. The molecule has 28 heavy (non-hydrogen) atoms. The van der Waals surface area contributed by atoms with Gasteiger partial charge in [-0.2, -0.15) is 0 Å². The molecule has 150 valence electrons. The molecule has 2 amide bonds. The molecule has 8 heteroatoms. The van der Waals surface area contributed by atoms with Gasteiger partial charge in [-0.25, -0.2) is 0 Å². The number of hydrogen-bond acceptors (Lipinski definition) is 6. The maximum absolute atomic E-state index is 12.4. The number of rotatable bonds is 4. The van der Waals surface area contributed by atoms with Crippen LogP contribution in [0, 0.1) is 0 Å². The molecule has 0 bridgehead atoms. The summed E-state index contributed by atoms with van der Waals surface area (Å²) in [5, 5.41) is 2.45. The average molecular weight is 449 g/mol. The van der Waals surface area contributed by atoms with Gasteiger partial charge in [0.15, 0.2) is 0 Å². The highest BCUT2D eigenvalue weighted by molar-refractivity contribution is 9.10. The van der Waals surface area contributed by atoms with Gasteiger partial charge in [-0.3, -0.25) is 24.7 Å². The molecule has 7 nitrogen and oxygen atoms in total. The molecule has 0 aromatic heterocycles. The first kappa shape index (κ1) is 19.6. The summed E-state index contributed by atoms with van der Waals surface area (Å²) < 4.78 is 6.25. The fourth-order valence-corrected chi connectivity index (χ4v) is 4.19. The van der Waals surface area contributed by atoms with Gasteiger partial charge in [0, 0.05) is 74.2 Å². The molecule has 0 atom stereocenters. The minimum absolute atomic E-state index is 0.328. The highest BCUT2D eigenvalue weighted by Crippen LogP contribution is 2.27. The van der Waals surface area contributed by atoms with E-state index in [1.807, 2.05) is 18.3 Å². The zero-order valence-electron chi connectivity index (χ0n) is 15.8. The standard InChI is InChI=1S/C20H25BrN4O3/c21-15-1-2-16-17(13-15)18(20(27)22-19(16)26)14-25-7-5-23(6-8-25)3-4-24-9-11-28-12-10-24/h1-2,13-14H,3-12H2,(H,22,26,27). The minimum Gasteiger partial charge on any atom is -0.379 e. The highest BCUT2D eigenvalue weighted by atomic mass is 79.9. The Labute approximate surface area is 173 Å². The molecule has 0 aliphatic carbocycles. The number of piperazine rings is 1. The van der Waals surface area contributed by atoms with Crippen molar-refractivity contribution in [3.63, 3.8) is 0 Å². The van der Waals surface area contributed by atoms with Gasteiger partial charge in [0.05, 0.1) is 18.8 Å². The number of ether oxygens (including phenoxy) is 1. The lowest BCUT2D eigenvalue weighted by Crippen LogP contribution is -2.48. The van der Waals surface area contributed by atoms with Crippen molar-refractivity contribution in [2.75, 3.05) is 65.6 Å². The van der Waals surface area contributed by atoms with E-state index < -0.39 is 0 Å². The lowest BCUT2D eigenvalue weighted by molar-refractivity contribution is -0.114. The number of amides is 2. The second-order valence-corrected chi connectivity index (χ2v) is 8.26. The van der Waals surface area contributed by atoms with Crippen LogP contribution in [0.3, 0.4) is 0 Å². The Kier molecular flexibility index (Phi) is 6.10. The molecule has 2 saturated heterocycles. The third-order valence-corrected chi connectivity index (χ3v) is 6.04. The number of benzene rings is 1. The molecule has 4 rings (SSSR count). The van der Waals surface area contributed by atoms with Crippen LogP contribution in [0.15, 0.2) is 28.9 Å². The van der Waals surface area contributed by atoms with Gasteiger partial charge in [-0.1, -0.05) is 15.9 Å². The number of nitrogens with one attached hydrogen (secondary N) is 1. The van der Waals surface area contributed by atoms with Gasteiger partial charge >= 0.3 is 0 Å². The van der Waals surface area contributed by atoms with E-state index in [1.54, 1.807) is 6.07 Å². The smallest absolute Gasteiger partial charge is 0.260 e. The van der Waals surface area contributed by atoms with E-state index in [2.05, 4.69) is 35.9 Å². The van der Waals surface area contributed by atoms with E-state index in [9.17, 15) is 9.59 Å². The molecule has 1 aromatic carbocycles. The number of morpholine rings is 1. The predicted octanol–water partition coefficient (Wildman–Crippen LogP) is 1.01. The Morgan fingerprint density at radius 3 is 2.32 bits per heavy atom. The summed E-state index contributed by atoms with van der Waals surface area (Å²) in [4.78, 5) is 31.6. The molecule has 2 fully saturated rings. The van der Waals surface area contributed by atoms with Gasteiger partial charge in [0.1, 0.15) is 0 Å². The highest BCUT2D eigenvalue weighted by Gasteiger charge is 2.28. The minimum atomic E-state index is -0.336. The fraction of sp³-hybridized carbons (Fsp3) is 0.500. The molecule has 3 aliphatic rings. The zero-order chi connectivity index (χ0) is 19.5. The molecule has 0 unspecified atom stereocenters. The van der Waals surface area contributed by atoms with E-state index in [0.717, 1.165) is 70.0 Å². The Bertz CT molecular complexity index is 784. The van der Waals surface area contributed by atoms with Crippen molar-refractivity contribution in [3.8, 4) is 0 Å². The summed E-state index contributed by atoms with van der Waals surface area (Å²) in [6.07, 6.45) is 1.91. The van der Waals surface area contributed by atoms with Crippen LogP contribution >= 0.6 is 15.9 Å². The molecule has 0 saturated carbocycles. The normalized spacial score (nSPS) is 23.0. The topological polar surface area (TPSA) is 65.1 Å². The van der Waals surface area contributed by atoms with Crippen molar-refractivity contribution >= 4 is 33.3 Å². The van der Waals surface area contributed by atoms with E-state index in [-0.39, 0.29) is 11.8 Å². The van der Waals surface area contributed by atoms with Crippen LogP contribution in [0.1, 0.15) is 15.9 Å². The van der Waals surface area contributed by atoms with Gasteiger partial charge in [-0.05, 0) is 18.2 Å². The van der Waals surface area contributed by atoms with E-state index in [0.29, 0.717) is 16.7 Å². The second-order valence-electron chi connectivity index (χ2n) is 7.35. The van der Waals surface area contributed by atoms with Gasteiger partial charge < -0.3 is 9.64 Å². The summed E-state index contributed by atoms with van der Waals surface area (Å²) in [5.74, 6) is -0.664. The van der Waals surface area contributed by atoms with Crippen molar-refractivity contribution in [2.45, 2.75) is 0 Å². The number of carbonyl (C=O) groups is 2. The Morgan fingerprint density at radius 2 is 1.61 bits per heavy atom. The first-order valence-corrected chi connectivity index (χ1v) is 10.5. The van der Waals surface area contributed by atoms with Gasteiger partial charge in [-0.15, -0.1) is 0 Å². The van der Waals surface area contributed by atoms with Crippen LogP contribution in [-0.4, -0.2) is 92.1 Å². The van der Waals surface area contributed by atoms with Crippen LogP contribution < -0.4 is 5.32 Å². The van der Waals surface area contributed by atoms with Gasteiger partial charge in [0.25, 0.3) is 11.8 Å². The third-order valence-electron chi connectivity index (χ3n) is 5.54. The van der Waals surface area contributed by atoms with Crippen molar-refractivity contribution in [1.29, 1.82) is 0 Å². The lowest BCUT2D eigenvalue weighted by Gasteiger charge is -2.36. The van der Waals surface area contributed by atoms with Crippen LogP contribution in [0.5, 0.6) is 0 Å². The Morgan fingerprint density at radius 1 is 0.929 bits per heavy atom. The van der Waals surface area contributed by atoms with Crippen LogP contribution in [-0.2, 0) is 9.53 Å². The van der Waals surface area contributed by atoms with Crippen LogP contribution in [0.25, 0.3) is 5.57 Å². The van der Waals surface area contributed by atoms with E-state index >= 15 is 0 Å². The molecule has 3 aliphatic heterocycles. The van der Waals surface area contributed by atoms with Crippen molar-refractivity contribution in [2.24, 2.45) is 0 Å². The summed E-state index contributed by atoms with van der Waals surface area (Å²) in [6.45, 7) is 9.55. The molecule has 1 aromatic rings. The molecule has 0 spiro atoms. The van der Waals surface area contributed by atoms with Crippen molar-refractivity contribution < 1.29 is 14.3 Å². The number of nitrogens with zero attached hydrogens (tertiary/aromatic N) is 3. The monoisotopic (exact) mass is 448 g/mol. The summed E-state index contributed by atoms with van der Waals surface area (Å²) in [6, 6.07) is 5.41. The van der Waals surface area contributed by atoms with Crippen molar-refractivity contribution in [3.05, 3.63) is 40.0 Å². The Balaban J connectivity index is 1.38. The van der Waals surface area contributed by atoms with Crippen molar-refractivity contribution in [1.82, 2.24) is 20.0 Å². The number of hydrogen-bond donors (Lipinski definition) is 1. The molecule has 1 N–H and O–H groups in total. The Hall–Kier alpha value is -1.74. The fourth-order valence-electron chi connectivity index (χ4n) is 3.83. The number of carbonyl (C=O) groups excluding carboxylic acids is 2. The largest absolute Gasteiger partial charge is 0.379 e.